The van der Waals surface area contributed by atoms with Gasteiger partial charge < -0.3 is 5.11 Å². The zero-order valence-electron chi connectivity index (χ0n) is 14.5. The lowest BCUT2D eigenvalue weighted by molar-refractivity contribution is 0.0506. The van der Waals surface area contributed by atoms with Crippen molar-refractivity contribution >= 4 is 11.3 Å². The molecule has 1 N–H and O–H groups in total. The molecule has 4 heteroatoms. The Hall–Kier alpha value is -1.20. The number of piperazine rings is 1. The first-order valence-electron chi connectivity index (χ1n) is 8.96. The SMILES string of the molecule is CCc1ccc(CN2CCN(Cc3cccs3)[C@@H](CCO)C2)cc1. The number of thiophene rings is 1. The summed E-state index contributed by atoms with van der Waals surface area (Å²) >= 11 is 1.83. The highest BCUT2D eigenvalue weighted by atomic mass is 32.1. The molecule has 3 nitrogen and oxygen atoms in total. The number of aryl methyl sites for hydroxylation is 1. The molecule has 1 aromatic heterocycles. The van der Waals surface area contributed by atoms with E-state index in [9.17, 15) is 5.11 Å². The lowest BCUT2D eigenvalue weighted by Gasteiger charge is -2.41. The highest BCUT2D eigenvalue weighted by Gasteiger charge is 2.26. The Morgan fingerprint density at radius 3 is 2.54 bits per heavy atom. The van der Waals surface area contributed by atoms with Crippen LogP contribution in [-0.4, -0.2) is 47.2 Å². The fraction of sp³-hybridized carbons (Fsp3) is 0.500. The van der Waals surface area contributed by atoms with E-state index in [1.54, 1.807) is 0 Å². The third kappa shape index (κ3) is 4.67. The van der Waals surface area contributed by atoms with Crippen molar-refractivity contribution in [3.63, 3.8) is 0 Å². The molecule has 0 bridgehead atoms. The van der Waals surface area contributed by atoms with Gasteiger partial charge in [-0.1, -0.05) is 37.3 Å². The summed E-state index contributed by atoms with van der Waals surface area (Å²) in [5.41, 5.74) is 2.79. The van der Waals surface area contributed by atoms with Gasteiger partial charge in [-0.15, -0.1) is 11.3 Å². The van der Waals surface area contributed by atoms with E-state index < -0.39 is 0 Å². The monoisotopic (exact) mass is 344 g/mol. The summed E-state index contributed by atoms with van der Waals surface area (Å²) in [5, 5.41) is 11.6. The molecule has 130 valence electrons. The summed E-state index contributed by atoms with van der Waals surface area (Å²) in [5.74, 6) is 0. The fourth-order valence-corrected chi connectivity index (χ4v) is 4.20. The van der Waals surface area contributed by atoms with Crippen LogP contribution in [-0.2, 0) is 19.5 Å². The summed E-state index contributed by atoms with van der Waals surface area (Å²) in [4.78, 5) is 6.49. The minimum atomic E-state index is 0.268. The number of benzene rings is 1. The smallest absolute Gasteiger partial charge is 0.0446 e. The zero-order valence-corrected chi connectivity index (χ0v) is 15.3. The fourth-order valence-electron chi connectivity index (χ4n) is 3.47. The Balaban J connectivity index is 1.59. The maximum atomic E-state index is 9.45. The molecule has 0 saturated carbocycles. The molecule has 1 aliphatic heterocycles. The van der Waals surface area contributed by atoms with Crippen molar-refractivity contribution in [1.82, 2.24) is 9.80 Å². The zero-order chi connectivity index (χ0) is 16.8. The normalized spacial score (nSPS) is 19.7. The topological polar surface area (TPSA) is 26.7 Å². The number of aliphatic hydroxyl groups excluding tert-OH is 1. The first kappa shape index (κ1) is 17.6. The molecule has 1 aromatic carbocycles. The molecular formula is C20H28N2OS. The molecule has 2 heterocycles. The van der Waals surface area contributed by atoms with Crippen LogP contribution in [0, 0.1) is 0 Å². The van der Waals surface area contributed by atoms with Crippen LogP contribution in [0.2, 0.25) is 0 Å². The molecule has 0 unspecified atom stereocenters. The Labute approximate surface area is 149 Å². The molecule has 1 aliphatic rings. The highest BCUT2D eigenvalue weighted by molar-refractivity contribution is 7.09. The van der Waals surface area contributed by atoms with Gasteiger partial charge in [-0.25, -0.2) is 0 Å². The number of aliphatic hydroxyl groups is 1. The van der Waals surface area contributed by atoms with E-state index in [0.29, 0.717) is 6.04 Å². The van der Waals surface area contributed by atoms with Crippen LogP contribution in [0.5, 0.6) is 0 Å². The summed E-state index contributed by atoms with van der Waals surface area (Å²) in [6.07, 6.45) is 1.96. The Morgan fingerprint density at radius 2 is 1.88 bits per heavy atom. The van der Waals surface area contributed by atoms with Crippen molar-refractivity contribution in [1.29, 1.82) is 0 Å². The van der Waals surface area contributed by atoms with Gasteiger partial charge in [0.1, 0.15) is 0 Å². The molecule has 3 rings (SSSR count). The van der Waals surface area contributed by atoms with Crippen molar-refractivity contribution < 1.29 is 5.11 Å². The van der Waals surface area contributed by atoms with Gasteiger partial charge >= 0.3 is 0 Å². The predicted octanol–water partition coefficient (Wildman–Crippen LogP) is 3.38. The maximum absolute atomic E-state index is 9.45. The molecule has 0 spiro atoms. The van der Waals surface area contributed by atoms with Crippen LogP contribution in [0.1, 0.15) is 29.3 Å². The molecule has 0 aliphatic carbocycles. The van der Waals surface area contributed by atoms with Gasteiger partial charge in [0.05, 0.1) is 0 Å². The Kier molecular flexibility index (Phi) is 6.44. The molecule has 0 amide bonds. The number of hydrogen-bond donors (Lipinski definition) is 1. The van der Waals surface area contributed by atoms with Crippen molar-refractivity contribution in [2.75, 3.05) is 26.2 Å². The molecule has 1 saturated heterocycles. The van der Waals surface area contributed by atoms with E-state index in [0.717, 1.165) is 45.6 Å². The summed E-state index contributed by atoms with van der Waals surface area (Å²) in [6.45, 7) is 7.71. The third-order valence-corrected chi connectivity index (χ3v) is 5.79. The van der Waals surface area contributed by atoms with Crippen molar-refractivity contribution in [2.24, 2.45) is 0 Å². The second kappa shape index (κ2) is 8.77. The van der Waals surface area contributed by atoms with Crippen LogP contribution in [0.15, 0.2) is 41.8 Å². The van der Waals surface area contributed by atoms with Crippen LogP contribution in [0.3, 0.4) is 0 Å². The molecule has 1 fully saturated rings. The molecule has 1 atom stereocenters. The number of rotatable bonds is 7. The van der Waals surface area contributed by atoms with Gasteiger partial charge in [0.2, 0.25) is 0 Å². The number of hydrogen-bond acceptors (Lipinski definition) is 4. The second-order valence-electron chi connectivity index (χ2n) is 6.62. The third-order valence-electron chi connectivity index (χ3n) is 4.93. The van der Waals surface area contributed by atoms with Gasteiger partial charge in [0, 0.05) is 50.2 Å². The van der Waals surface area contributed by atoms with E-state index in [1.807, 2.05) is 11.3 Å². The van der Waals surface area contributed by atoms with Gasteiger partial charge in [-0.2, -0.15) is 0 Å². The minimum Gasteiger partial charge on any atom is -0.396 e. The Bertz CT molecular complexity index is 597. The molecular weight excluding hydrogens is 316 g/mol. The van der Waals surface area contributed by atoms with Crippen LogP contribution < -0.4 is 0 Å². The van der Waals surface area contributed by atoms with E-state index >= 15 is 0 Å². The quantitative estimate of drug-likeness (QED) is 0.834. The predicted molar refractivity (Wildman–Crippen MR) is 101 cm³/mol. The highest BCUT2D eigenvalue weighted by Crippen LogP contribution is 2.20. The van der Waals surface area contributed by atoms with Crippen LogP contribution in [0.25, 0.3) is 0 Å². The van der Waals surface area contributed by atoms with Crippen LogP contribution in [0.4, 0.5) is 0 Å². The average Bonchev–Trinajstić information content (AvgIpc) is 3.11. The largest absolute Gasteiger partial charge is 0.396 e. The Morgan fingerprint density at radius 1 is 1.08 bits per heavy atom. The average molecular weight is 345 g/mol. The first-order chi connectivity index (χ1) is 11.8. The number of nitrogens with zero attached hydrogens (tertiary/aromatic N) is 2. The summed E-state index contributed by atoms with van der Waals surface area (Å²) in [6, 6.07) is 13.8. The standard InChI is InChI=1S/C20H28N2OS/c1-2-17-5-7-18(8-6-17)14-21-10-11-22(19(15-21)9-12-23)16-20-4-3-13-24-20/h3-8,13,19,23H,2,9-12,14-16H2,1H3/t19-/m0/s1. The van der Waals surface area contributed by atoms with E-state index in [1.165, 1.54) is 16.0 Å². The molecule has 24 heavy (non-hydrogen) atoms. The summed E-state index contributed by atoms with van der Waals surface area (Å²) < 4.78 is 0. The van der Waals surface area contributed by atoms with Crippen molar-refractivity contribution in [3.8, 4) is 0 Å². The van der Waals surface area contributed by atoms with E-state index in [-0.39, 0.29) is 6.61 Å². The van der Waals surface area contributed by atoms with Crippen LogP contribution >= 0.6 is 11.3 Å². The second-order valence-corrected chi connectivity index (χ2v) is 7.65. The maximum Gasteiger partial charge on any atom is 0.0446 e. The lowest BCUT2D eigenvalue weighted by Crippen LogP contribution is -2.52. The minimum absolute atomic E-state index is 0.268. The first-order valence-corrected chi connectivity index (χ1v) is 9.84. The van der Waals surface area contributed by atoms with Crippen molar-refractivity contribution in [2.45, 2.75) is 38.9 Å². The molecule has 2 aromatic rings. The van der Waals surface area contributed by atoms with E-state index in [4.69, 9.17) is 0 Å². The van der Waals surface area contributed by atoms with Gasteiger partial charge in [0.25, 0.3) is 0 Å². The summed E-state index contributed by atoms with van der Waals surface area (Å²) in [7, 11) is 0. The van der Waals surface area contributed by atoms with Crippen molar-refractivity contribution in [3.05, 3.63) is 57.8 Å². The van der Waals surface area contributed by atoms with Gasteiger partial charge in [-0.3, -0.25) is 9.80 Å². The van der Waals surface area contributed by atoms with Gasteiger partial charge in [0.15, 0.2) is 0 Å². The van der Waals surface area contributed by atoms with Gasteiger partial charge in [-0.05, 0) is 35.4 Å². The lowest BCUT2D eigenvalue weighted by atomic mass is 10.1. The molecule has 0 radical (unpaired) electrons. The van der Waals surface area contributed by atoms with E-state index in [2.05, 4.69) is 58.5 Å².